The molecule has 112 valence electrons. The molecule has 0 atom stereocenters. The van der Waals surface area contributed by atoms with Crippen LogP contribution in [0.25, 0.3) is 17.1 Å². The first-order chi connectivity index (χ1) is 11.4. The van der Waals surface area contributed by atoms with Crippen molar-refractivity contribution < 1.29 is 0 Å². The van der Waals surface area contributed by atoms with Crippen LogP contribution in [0, 0.1) is 0 Å². The highest BCUT2D eigenvalue weighted by molar-refractivity contribution is 5.72. The minimum atomic E-state index is 0.625. The van der Waals surface area contributed by atoms with Crippen molar-refractivity contribution in [3.05, 3.63) is 60.7 Å². The second-order valence-electron chi connectivity index (χ2n) is 5.41. The molecule has 1 aromatic carbocycles. The fraction of sp³-hybridized carbons (Fsp3) is 0.133. The SMILES string of the molecule is c1cc(Cn2ccnn2)c2c(c1)-n1cncc1Cn1ncnc1-2. The largest absolute Gasteiger partial charge is 0.301 e. The normalized spacial score (nSPS) is 12.3. The molecule has 8 heteroatoms. The summed E-state index contributed by atoms with van der Waals surface area (Å²) in [6, 6.07) is 6.21. The van der Waals surface area contributed by atoms with Crippen LogP contribution in [0.15, 0.2) is 49.4 Å². The summed E-state index contributed by atoms with van der Waals surface area (Å²) in [6.45, 7) is 1.27. The summed E-state index contributed by atoms with van der Waals surface area (Å²) in [6.07, 6.45) is 8.82. The minimum Gasteiger partial charge on any atom is -0.301 e. The number of hydrogen-bond acceptors (Lipinski definition) is 5. The molecule has 0 N–H and O–H groups in total. The lowest BCUT2D eigenvalue weighted by Crippen LogP contribution is -2.06. The summed E-state index contributed by atoms with van der Waals surface area (Å²) in [5, 5.41) is 12.3. The third-order valence-electron chi connectivity index (χ3n) is 4.06. The van der Waals surface area contributed by atoms with Gasteiger partial charge in [-0.1, -0.05) is 17.3 Å². The Kier molecular flexibility index (Phi) is 2.46. The Balaban J connectivity index is 1.79. The van der Waals surface area contributed by atoms with Gasteiger partial charge in [0, 0.05) is 11.8 Å². The summed E-state index contributed by atoms with van der Waals surface area (Å²) in [7, 11) is 0. The molecular formula is C15H12N8. The van der Waals surface area contributed by atoms with Gasteiger partial charge in [-0.15, -0.1) is 5.10 Å². The molecule has 0 spiro atoms. The molecule has 1 aliphatic rings. The van der Waals surface area contributed by atoms with Crippen LogP contribution < -0.4 is 0 Å². The van der Waals surface area contributed by atoms with E-state index in [4.69, 9.17) is 0 Å². The van der Waals surface area contributed by atoms with Gasteiger partial charge in [-0.25, -0.2) is 19.3 Å². The summed E-state index contributed by atoms with van der Waals surface area (Å²) < 4.78 is 5.80. The van der Waals surface area contributed by atoms with Gasteiger partial charge in [-0.3, -0.25) is 0 Å². The first-order valence-electron chi connectivity index (χ1n) is 7.26. The summed E-state index contributed by atoms with van der Waals surface area (Å²) in [5.41, 5.74) is 4.30. The number of benzene rings is 1. The van der Waals surface area contributed by atoms with Crippen molar-refractivity contribution in [2.24, 2.45) is 0 Å². The minimum absolute atomic E-state index is 0.625. The van der Waals surface area contributed by atoms with Crippen LogP contribution >= 0.6 is 0 Å². The standard InChI is InChI=1S/C15H12N8/c1-2-11(7-21-5-4-18-20-21)14-13(3-1)22-10-16-6-12(22)8-23-15(14)17-9-19-23/h1-6,9-10H,7-8H2. The van der Waals surface area contributed by atoms with E-state index in [0.29, 0.717) is 13.1 Å². The van der Waals surface area contributed by atoms with E-state index in [0.717, 1.165) is 28.3 Å². The third kappa shape index (κ3) is 1.81. The molecule has 23 heavy (non-hydrogen) atoms. The molecule has 1 aliphatic heterocycles. The Hall–Kier alpha value is -3.29. The molecule has 0 radical (unpaired) electrons. The Morgan fingerprint density at radius 3 is 3.13 bits per heavy atom. The maximum Gasteiger partial charge on any atom is 0.160 e. The van der Waals surface area contributed by atoms with Gasteiger partial charge in [-0.05, 0) is 11.6 Å². The first-order valence-corrected chi connectivity index (χ1v) is 7.26. The maximum absolute atomic E-state index is 4.48. The van der Waals surface area contributed by atoms with Crippen molar-refractivity contribution in [3.8, 4) is 17.1 Å². The lowest BCUT2D eigenvalue weighted by molar-refractivity contribution is 0.648. The Morgan fingerprint density at radius 1 is 1.22 bits per heavy atom. The van der Waals surface area contributed by atoms with Gasteiger partial charge < -0.3 is 4.57 Å². The first kappa shape index (κ1) is 12.3. The zero-order valence-electron chi connectivity index (χ0n) is 12.1. The molecule has 0 amide bonds. The molecule has 4 heterocycles. The molecule has 0 saturated carbocycles. The Morgan fingerprint density at radius 2 is 2.22 bits per heavy atom. The topological polar surface area (TPSA) is 79.2 Å². The lowest BCUT2D eigenvalue weighted by atomic mass is 10.0. The average Bonchev–Trinajstić information content (AvgIpc) is 3.29. The smallest absolute Gasteiger partial charge is 0.160 e. The van der Waals surface area contributed by atoms with Crippen LogP contribution in [0.3, 0.4) is 0 Å². The van der Waals surface area contributed by atoms with Crippen molar-refractivity contribution in [2.45, 2.75) is 13.1 Å². The van der Waals surface area contributed by atoms with Crippen molar-refractivity contribution in [2.75, 3.05) is 0 Å². The van der Waals surface area contributed by atoms with Crippen molar-refractivity contribution in [3.63, 3.8) is 0 Å². The molecule has 0 saturated heterocycles. The highest BCUT2D eigenvalue weighted by Crippen LogP contribution is 2.33. The van der Waals surface area contributed by atoms with Crippen LogP contribution in [0.1, 0.15) is 11.3 Å². The van der Waals surface area contributed by atoms with Gasteiger partial charge in [0.25, 0.3) is 0 Å². The summed E-state index contributed by atoms with van der Waals surface area (Å²) >= 11 is 0. The second kappa shape index (κ2) is 4.60. The second-order valence-corrected chi connectivity index (χ2v) is 5.41. The van der Waals surface area contributed by atoms with Crippen LogP contribution in [-0.4, -0.2) is 39.3 Å². The predicted molar refractivity (Wildman–Crippen MR) is 80.8 cm³/mol. The van der Waals surface area contributed by atoms with E-state index in [1.54, 1.807) is 17.2 Å². The van der Waals surface area contributed by atoms with E-state index in [1.165, 1.54) is 0 Å². The van der Waals surface area contributed by atoms with Crippen LogP contribution in [0.5, 0.6) is 0 Å². The van der Waals surface area contributed by atoms with Crippen LogP contribution in [-0.2, 0) is 13.1 Å². The van der Waals surface area contributed by atoms with Gasteiger partial charge in [0.1, 0.15) is 6.33 Å². The number of hydrogen-bond donors (Lipinski definition) is 0. The molecule has 0 aliphatic carbocycles. The molecule has 5 rings (SSSR count). The molecule has 8 nitrogen and oxygen atoms in total. The number of imidazole rings is 1. The number of fused-ring (bicyclic) bond motifs is 5. The zero-order chi connectivity index (χ0) is 15.2. The Labute approximate surface area is 131 Å². The van der Waals surface area contributed by atoms with Crippen molar-refractivity contribution in [1.82, 2.24) is 39.3 Å². The fourth-order valence-electron chi connectivity index (χ4n) is 3.05. The Bertz CT molecular complexity index is 979. The van der Waals surface area contributed by atoms with Crippen LogP contribution in [0.2, 0.25) is 0 Å². The molecule has 0 bridgehead atoms. The van der Waals surface area contributed by atoms with Crippen LogP contribution in [0.4, 0.5) is 0 Å². The van der Waals surface area contributed by atoms with E-state index < -0.39 is 0 Å². The fourth-order valence-corrected chi connectivity index (χ4v) is 3.05. The third-order valence-corrected chi connectivity index (χ3v) is 4.06. The molecular weight excluding hydrogens is 292 g/mol. The van der Waals surface area contributed by atoms with Crippen molar-refractivity contribution in [1.29, 1.82) is 0 Å². The van der Waals surface area contributed by atoms with Gasteiger partial charge in [0.2, 0.25) is 0 Å². The van der Waals surface area contributed by atoms with E-state index >= 15 is 0 Å². The number of aromatic nitrogens is 8. The molecule has 4 aromatic rings. The zero-order valence-corrected chi connectivity index (χ0v) is 12.1. The van der Waals surface area contributed by atoms with Gasteiger partial charge in [0.15, 0.2) is 5.82 Å². The quantitative estimate of drug-likeness (QED) is 0.488. The number of rotatable bonds is 2. The van der Waals surface area contributed by atoms with E-state index in [2.05, 4.69) is 42.1 Å². The van der Waals surface area contributed by atoms with E-state index in [-0.39, 0.29) is 0 Å². The molecule has 0 unspecified atom stereocenters. The average molecular weight is 304 g/mol. The van der Waals surface area contributed by atoms with Gasteiger partial charge in [-0.2, -0.15) is 5.10 Å². The highest BCUT2D eigenvalue weighted by Gasteiger charge is 2.23. The monoisotopic (exact) mass is 304 g/mol. The predicted octanol–water partition coefficient (Wildman–Crippen LogP) is 1.13. The molecule has 3 aromatic heterocycles. The van der Waals surface area contributed by atoms with E-state index in [9.17, 15) is 0 Å². The van der Waals surface area contributed by atoms with Gasteiger partial charge >= 0.3 is 0 Å². The summed E-state index contributed by atoms with van der Waals surface area (Å²) in [4.78, 5) is 8.76. The lowest BCUT2D eigenvalue weighted by Gasteiger charge is -2.13. The summed E-state index contributed by atoms with van der Waals surface area (Å²) in [5.74, 6) is 0.861. The van der Waals surface area contributed by atoms with Gasteiger partial charge in [0.05, 0.1) is 43.2 Å². The maximum atomic E-state index is 4.48. The highest BCUT2D eigenvalue weighted by atomic mass is 15.4. The molecule has 0 fully saturated rings. The van der Waals surface area contributed by atoms with E-state index in [1.807, 2.05) is 29.5 Å². The number of nitrogens with zero attached hydrogens (tertiary/aromatic N) is 8. The van der Waals surface area contributed by atoms with Crippen molar-refractivity contribution >= 4 is 0 Å².